The van der Waals surface area contributed by atoms with Crippen LogP contribution in [0.15, 0.2) is 62.5 Å². The fourth-order valence-corrected chi connectivity index (χ4v) is 7.39. The van der Waals surface area contributed by atoms with Crippen LogP contribution in [0.4, 0.5) is 32.0 Å². The molecule has 0 saturated heterocycles. The smallest absolute Gasteiger partial charge is 0.481 e. The second-order valence-electron chi connectivity index (χ2n) is 9.58. The average molecular weight is 775 g/mol. The summed E-state index contributed by atoms with van der Waals surface area (Å²) in [6.45, 7) is 1.83. The highest BCUT2D eigenvalue weighted by atomic mass is 32.2. The molecule has 1 unspecified atom stereocenters. The Bertz CT molecular complexity index is 1820. The van der Waals surface area contributed by atoms with Crippen LogP contribution in [0.2, 0.25) is 0 Å². The zero-order valence-corrected chi connectivity index (χ0v) is 28.0. The third-order valence-corrected chi connectivity index (χ3v) is 10.2. The molecule has 13 nitrogen and oxygen atoms in total. The Labute approximate surface area is 287 Å². The van der Waals surface area contributed by atoms with Gasteiger partial charge in [0.15, 0.2) is 0 Å². The van der Waals surface area contributed by atoms with Crippen LogP contribution < -0.4 is 16.8 Å². The average Bonchev–Trinajstić information content (AvgIpc) is 3.46. The number of amidine groups is 1. The summed E-state index contributed by atoms with van der Waals surface area (Å²) in [6.07, 6.45) is -8.57. The predicted octanol–water partition coefficient (Wildman–Crippen LogP) is 4.96. The summed E-state index contributed by atoms with van der Waals surface area (Å²) < 4.78 is 90.9. The zero-order chi connectivity index (χ0) is 38.8. The van der Waals surface area contributed by atoms with Crippen LogP contribution in [0.5, 0.6) is 0 Å². The number of thioether (sulfide) groups is 1. The van der Waals surface area contributed by atoms with Crippen molar-refractivity contribution in [2.75, 3.05) is 11.6 Å². The molecule has 0 bridgehead atoms. The summed E-state index contributed by atoms with van der Waals surface area (Å²) in [4.78, 5) is 41.4. The number of carbonyl (C=O) groups is 4. The normalized spacial score (nSPS) is 11.9. The van der Waals surface area contributed by atoms with Crippen molar-refractivity contribution in [3.63, 3.8) is 0 Å². The van der Waals surface area contributed by atoms with Gasteiger partial charge in [-0.15, -0.1) is 23.1 Å². The minimum Gasteiger partial charge on any atom is -0.481 e. The number of alkyl halides is 6. The van der Waals surface area contributed by atoms with E-state index in [9.17, 15) is 44.3 Å². The number of nitrogen functional groups attached to an aromatic ring is 1. The van der Waals surface area contributed by atoms with Gasteiger partial charge >= 0.3 is 30.3 Å². The first-order valence-corrected chi connectivity index (χ1v) is 16.7. The van der Waals surface area contributed by atoms with Crippen molar-refractivity contribution in [1.29, 1.82) is 5.41 Å². The monoisotopic (exact) mass is 774 g/mol. The number of nitrogens with one attached hydrogen (secondary N) is 2. The van der Waals surface area contributed by atoms with Gasteiger partial charge in [-0.05, 0) is 66.6 Å². The van der Waals surface area contributed by atoms with Crippen molar-refractivity contribution in [2.45, 2.75) is 52.2 Å². The number of amides is 1. The minimum absolute atomic E-state index is 0.0236. The Hall–Kier alpha value is -4.67. The molecule has 1 atom stereocenters. The molecule has 3 aromatic rings. The minimum atomic E-state index is -5.08. The number of nitrogens with two attached hydrogens (primary N) is 2. The number of hydrogen-bond donors (Lipinski definition) is 7. The highest BCUT2D eigenvalue weighted by Gasteiger charge is 2.39. The number of sulfone groups is 1. The highest BCUT2D eigenvalue weighted by Crippen LogP contribution is 2.38. The van der Waals surface area contributed by atoms with Crippen LogP contribution in [0.25, 0.3) is 11.1 Å². The highest BCUT2D eigenvalue weighted by molar-refractivity contribution is 8.01. The summed E-state index contributed by atoms with van der Waals surface area (Å²) >= 11 is 2.45. The van der Waals surface area contributed by atoms with Crippen molar-refractivity contribution in [3.8, 4) is 11.1 Å². The zero-order valence-electron chi connectivity index (χ0n) is 25.5. The van der Waals surface area contributed by atoms with Gasteiger partial charge in [-0.2, -0.15) is 26.3 Å². The Morgan fingerprint density at radius 1 is 0.960 bits per heavy atom. The number of anilines is 1. The number of aryl methyl sites for hydroxylation is 1. The van der Waals surface area contributed by atoms with E-state index in [0.29, 0.717) is 20.3 Å². The SMILES string of the molecule is CSc1sc(C(=N)N)cc1S(=O)(=O)c1cccc(-c2ccc(NC(=O)C(N)CCC(=O)O)cc2C)c1.O=C(O)C(F)(F)F.O=C(O)C(F)(F)F. The topological polar surface area (TPSA) is 251 Å². The molecule has 22 heteroatoms. The van der Waals surface area contributed by atoms with Crippen LogP contribution in [0.3, 0.4) is 0 Å². The van der Waals surface area contributed by atoms with Crippen molar-refractivity contribution in [3.05, 3.63) is 59.0 Å². The first kappa shape index (κ1) is 43.4. The van der Waals surface area contributed by atoms with Gasteiger partial charge in [0.05, 0.1) is 24.9 Å². The summed E-state index contributed by atoms with van der Waals surface area (Å²) in [5.41, 5.74) is 14.1. The Morgan fingerprint density at radius 3 is 1.94 bits per heavy atom. The second-order valence-corrected chi connectivity index (χ2v) is 13.6. The number of aliphatic carboxylic acids is 3. The van der Waals surface area contributed by atoms with E-state index in [0.717, 1.165) is 11.1 Å². The molecule has 0 spiro atoms. The van der Waals surface area contributed by atoms with Gasteiger partial charge < -0.3 is 32.1 Å². The number of thiophene rings is 1. The fourth-order valence-electron chi connectivity index (χ4n) is 3.49. The number of hydrogen-bond acceptors (Lipinski definition) is 10. The van der Waals surface area contributed by atoms with Crippen LogP contribution in [0, 0.1) is 12.3 Å². The molecule has 0 fully saturated rings. The standard InChI is InChI=1S/C24H26N4O5S3.2C2HF3O2/c1-13-10-15(28-23(31)18(25)8-9-21(29)30)6-7-17(13)14-4-3-5-16(11-14)36(32,33)20-12-19(22(26)27)35-24(20)34-2;2*3-2(4,5)1(6)7/h3-7,10-12,18H,8-9,25H2,1-2H3,(H3,26,27)(H,28,31)(H,29,30);2*(H,6,7). The number of halogens is 6. The molecule has 0 aliphatic carbocycles. The van der Waals surface area contributed by atoms with Crippen LogP contribution >= 0.6 is 23.1 Å². The van der Waals surface area contributed by atoms with E-state index in [4.69, 9.17) is 41.8 Å². The maximum Gasteiger partial charge on any atom is 0.490 e. The lowest BCUT2D eigenvalue weighted by atomic mass is 10.00. The first-order chi connectivity index (χ1) is 22.8. The molecule has 0 radical (unpaired) electrons. The molecule has 50 heavy (non-hydrogen) atoms. The summed E-state index contributed by atoms with van der Waals surface area (Å²) in [6, 6.07) is 12.2. The fraction of sp³-hybridized carbons (Fsp3) is 0.250. The third-order valence-electron chi connectivity index (χ3n) is 5.85. The molecule has 0 saturated carbocycles. The summed E-state index contributed by atoms with van der Waals surface area (Å²) in [7, 11) is -3.86. The van der Waals surface area contributed by atoms with E-state index in [2.05, 4.69) is 5.32 Å². The number of carboxylic acid groups (broad SMARTS) is 3. The molecular weight excluding hydrogens is 747 g/mol. The largest absolute Gasteiger partial charge is 0.490 e. The van der Waals surface area contributed by atoms with Crippen molar-refractivity contribution < 1.29 is 69.3 Å². The lowest BCUT2D eigenvalue weighted by molar-refractivity contribution is -0.193. The molecule has 9 N–H and O–H groups in total. The summed E-state index contributed by atoms with van der Waals surface area (Å²) in [5.74, 6) is -7.21. The first-order valence-electron chi connectivity index (χ1n) is 13.2. The predicted molar refractivity (Wildman–Crippen MR) is 170 cm³/mol. The Balaban J connectivity index is 0.000000748. The van der Waals surface area contributed by atoms with Crippen LogP contribution in [-0.2, 0) is 29.0 Å². The maximum absolute atomic E-state index is 13.4. The molecule has 1 aromatic heterocycles. The number of carbonyl (C=O) groups excluding carboxylic acids is 1. The van der Waals surface area contributed by atoms with Gasteiger partial charge in [0.2, 0.25) is 15.7 Å². The lowest BCUT2D eigenvalue weighted by Gasteiger charge is -2.14. The van der Waals surface area contributed by atoms with E-state index in [1.54, 1.807) is 42.7 Å². The molecule has 3 rings (SSSR count). The van der Waals surface area contributed by atoms with Gasteiger partial charge in [-0.25, -0.2) is 18.0 Å². The molecular formula is C28H28F6N4O9S3. The quantitative estimate of drug-likeness (QED) is 0.0625. The van der Waals surface area contributed by atoms with Crippen LogP contribution in [-0.4, -0.2) is 78.0 Å². The van der Waals surface area contributed by atoms with E-state index < -0.39 is 52.0 Å². The van der Waals surface area contributed by atoms with Crippen molar-refractivity contribution >= 4 is 68.3 Å². The molecule has 0 aliphatic rings. The van der Waals surface area contributed by atoms with Crippen molar-refractivity contribution in [1.82, 2.24) is 0 Å². The van der Waals surface area contributed by atoms with Crippen molar-refractivity contribution in [2.24, 2.45) is 11.5 Å². The molecule has 274 valence electrons. The van der Waals surface area contributed by atoms with E-state index in [1.807, 2.05) is 6.92 Å². The van der Waals surface area contributed by atoms with E-state index in [1.165, 1.54) is 35.2 Å². The maximum atomic E-state index is 13.4. The Morgan fingerprint density at radius 2 is 1.50 bits per heavy atom. The molecule has 2 aromatic carbocycles. The number of benzene rings is 2. The number of carboxylic acids is 3. The Kier molecular flexibility index (Phi) is 15.5. The van der Waals surface area contributed by atoms with Gasteiger partial charge in [0.25, 0.3) is 0 Å². The molecule has 1 heterocycles. The summed E-state index contributed by atoms with van der Waals surface area (Å²) in [5, 5.41) is 33.3. The van der Waals surface area contributed by atoms with Gasteiger partial charge in [-0.3, -0.25) is 15.0 Å². The van der Waals surface area contributed by atoms with Crippen LogP contribution in [0.1, 0.15) is 23.3 Å². The molecule has 1 amide bonds. The van der Waals surface area contributed by atoms with Gasteiger partial charge in [0, 0.05) is 12.1 Å². The number of rotatable bonds is 10. The van der Waals surface area contributed by atoms with Gasteiger partial charge in [-0.1, -0.05) is 18.2 Å². The third kappa shape index (κ3) is 13.0. The van der Waals surface area contributed by atoms with E-state index >= 15 is 0 Å². The molecule has 0 aliphatic heterocycles. The second kappa shape index (κ2) is 17.8. The lowest BCUT2D eigenvalue weighted by Crippen LogP contribution is -2.36. The van der Waals surface area contributed by atoms with Gasteiger partial charge in [0.1, 0.15) is 5.84 Å². The van der Waals surface area contributed by atoms with E-state index in [-0.39, 0.29) is 28.5 Å².